The molecule has 0 fully saturated rings. The number of anilines is 2. The van der Waals surface area contributed by atoms with E-state index in [1.807, 2.05) is 0 Å². The molecule has 2 N–H and O–H groups in total. The van der Waals surface area contributed by atoms with Gasteiger partial charge in [-0.05, 0) is 36.2 Å². The minimum absolute atomic E-state index is 0.0418. The first kappa shape index (κ1) is 17.2. The molecule has 0 saturated carbocycles. The lowest BCUT2D eigenvalue weighted by Crippen LogP contribution is -2.40. The fourth-order valence-corrected chi connectivity index (χ4v) is 3.59. The lowest BCUT2D eigenvalue weighted by atomic mass is 9.83. The van der Waals surface area contributed by atoms with Crippen LogP contribution in [0.25, 0.3) is 0 Å². The molecule has 2 aliphatic heterocycles. The predicted molar refractivity (Wildman–Crippen MR) is 101 cm³/mol. The molecule has 2 aromatic carbocycles. The Kier molecular flexibility index (Phi) is 4.16. The van der Waals surface area contributed by atoms with E-state index in [2.05, 4.69) is 10.3 Å². The maximum Gasteiger partial charge on any atom is 0.355 e. The summed E-state index contributed by atoms with van der Waals surface area (Å²) in [6.07, 6.45) is 0.102. The molecule has 0 spiro atoms. The predicted octanol–water partition coefficient (Wildman–Crippen LogP) is 3.30. The Bertz CT molecular complexity index is 990. The van der Waals surface area contributed by atoms with Crippen molar-refractivity contribution >= 4 is 46.6 Å². The molecular weight excluding hydrogens is 370 g/mol. The van der Waals surface area contributed by atoms with Crippen molar-refractivity contribution in [3.05, 3.63) is 59.1 Å². The summed E-state index contributed by atoms with van der Waals surface area (Å²) in [4.78, 5) is 41.8. The highest BCUT2D eigenvalue weighted by atomic mass is 35.5. The summed E-state index contributed by atoms with van der Waals surface area (Å²) in [6, 6.07) is 11.9. The number of carboxylic acid groups (broad SMARTS) is 1. The maximum atomic E-state index is 12.9. The molecule has 8 heteroatoms. The van der Waals surface area contributed by atoms with Crippen LogP contribution in [0.2, 0.25) is 5.02 Å². The number of nitrogens with zero attached hydrogens (tertiary/aromatic N) is 2. The van der Waals surface area contributed by atoms with E-state index < -0.39 is 29.9 Å². The number of carboxylic acids is 1. The Labute approximate surface area is 159 Å². The molecule has 2 heterocycles. The second kappa shape index (κ2) is 6.51. The summed E-state index contributed by atoms with van der Waals surface area (Å²) in [5.41, 5.74) is 1.67. The smallest absolute Gasteiger partial charge is 0.355 e. The summed E-state index contributed by atoms with van der Waals surface area (Å²) in [7, 11) is 0. The number of benzene rings is 2. The van der Waals surface area contributed by atoms with Crippen LogP contribution < -0.4 is 10.2 Å². The zero-order valence-electron chi connectivity index (χ0n) is 13.9. The van der Waals surface area contributed by atoms with Crippen molar-refractivity contribution < 1.29 is 19.5 Å². The van der Waals surface area contributed by atoms with E-state index >= 15 is 0 Å². The van der Waals surface area contributed by atoms with E-state index in [1.54, 1.807) is 48.5 Å². The molecule has 0 bridgehead atoms. The number of halogens is 1. The quantitative estimate of drug-likeness (QED) is 0.847. The molecule has 3 amide bonds. The summed E-state index contributed by atoms with van der Waals surface area (Å²) in [5, 5.41) is 12.8. The van der Waals surface area contributed by atoms with Gasteiger partial charge in [-0.25, -0.2) is 14.5 Å². The molecule has 0 aliphatic carbocycles. The van der Waals surface area contributed by atoms with Gasteiger partial charge in [0.1, 0.15) is 11.8 Å². The fourth-order valence-electron chi connectivity index (χ4n) is 3.42. The monoisotopic (exact) mass is 383 g/mol. The largest absolute Gasteiger partial charge is 0.480 e. The van der Waals surface area contributed by atoms with Crippen molar-refractivity contribution in [2.45, 2.75) is 18.4 Å². The van der Waals surface area contributed by atoms with Crippen LogP contribution >= 0.6 is 11.6 Å². The summed E-state index contributed by atoms with van der Waals surface area (Å²) >= 11 is 6.02. The lowest BCUT2D eigenvalue weighted by molar-refractivity contribution is -0.138. The van der Waals surface area contributed by atoms with Crippen molar-refractivity contribution in [2.75, 3.05) is 10.2 Å². The molecule has 2 aromatic rings. The van der Waals surface area contributed by atoms with Crippen LogP contribution in [-0.4, -0.2) is 34.8 Å². The maximum absolute atomic E-state index is 12.9. The van der Waals surface area contributed by atoms with Crippen molar-refractivity contribution in [2.24, 2.45) is 4.99 Å². The number of carbonyl (C=O) groups is 3. The second-order valence-corrected chi connectivity index (χ2v) is 6.75. The molecule has 27 heavy (non-hydrogen) atoms. The number of amides is 3. The van der Waals surface area contributed by atoms with Gasteiger partial charge in [-0.1, -0.05) is 35.9 Å². The standard InChI is InChI=1S/C19H14ClN3O4/c20-10-6-7-12-13(9-15(18(25)26)21-14(12)8-10)16-17(24)23(19(27)22-16)11-4-2-1-3-5-11/h1-8,13,15,21H,9H2,(H,25,26). The highest BCUT2D eigenvalue weighted by Crippen LogP contribution is 2.39. The number of fused-ring (bicyclic) bond motifs is 1. The summed E-state index contributed by atoms with van der Waals surface area (Å²) in [5.74, 6) is -2.21. The molecule has 7 nitrogen and oxygen atoms in total. The number of para-hydroxylation sites is 1. The van der Waals surface area contributed by atoms with Crippen LogP contribution in [0.3, 0.4) is 0 Å². The first-order chi connectivity index (χ1) is 13.0. The minimum Gasteiger partial charge on any atom is -0.480 e. The van der Waals surface area contributed by atoms with Gasteiger partial charge in [-0.15, -0.1) is 0 Å². The lowest BCUT2D eigenvalue weighted by Gasteiger charge is -2.31. The number of rotatable bonds is 3. The van der Waals surface area contributed by atoms with Crippen LogP contribution in [0.5, 0.6) is 0 Å². The first-order valence-electron chi connectivity index (χ1n) is 8.26. The van der Waals surface area contributed by atoms with E-state index in [-0.39, 0.29) is 12.1 Å². The van der Waals surface area contributed by atoms with Crippen LogP contribution in [0.4, 0.5) is 16.2 Å². The highest BCUT2D eigenvalue weighted by Gasteiger charge is 2.43. The zero-order valence-corrected chi connectivity index (χ0v) is 14.7. The molecule has 2 atom stereocenters. The highest BCUT2D eigenvalue weighted by molar-refractivity contribution is 6.55. The van der Waals surface area contributed by atoms with Crippen molar-refractivity contribution in [1.82, 2.24) is 0 Å². The Morgan fingerprint density at radius 1 is 1.19 bits per heavy atom. The molecule has 2 unspecified atom stereocenters. The van der Waals surface area contributed by atoms with Gasteiger partial charge < -0.3 is 10.4 Å². The van der Waals surface area contributed by atoms with Gasteiger partial charge in [0.25, 0.3) is 5.91 Å². The third kappa shape index (κ3) is 2.96. The topological polar surface area (TPSA) is 99.1 Å². The average Bonchev–Trinajstić information content (AvgIpc) is 2.95. The van der Waals surface area contributed by atoms with Gasteiger partial charge >= 0.3 is 12.0 Å². The van der Waals surface area contributed by atoms with E-state index in [1.165, 1.54) is 0 Å². The Morgan fingerprint density at radius 2 is 1.93 bits per heavy atom. The number of aliphatic carboxylic acids is 1. The van der Waals surface area contributed by atoms with Gasteiger partial charge in [0.15, 0.2) is 0 Å². The zero-order chi connectivity index (χ0) is 19.1. The van der Waals surface area contributed by atoms with Gasteiger partial charge in [0.2, 0.25) is 0 Å². The Hall–Kier alpha value is -3.19. The molecule has 4 rings (SSSR count). The third-order valence-electron chi connectivity index (χ3n) is 4.66. The number of hydrogen-bond acceptors (Lipinski definition) is 4. The van der Waals surface area contributed by atoms with Crippen molar-refractivity contribution in [3.8, 4) is 0 Å². The fraction of sp³-hybridized carbons (Fsp3) is 0.158. The molecule has 0 aromatic heterocycles. The molecule has 136 valence electrons. The summed E-state index contributed by atoms with van der Waals surface area (Å²) in [6.45, 7) is 0. The Balaban J connectivity index is 1.74. The Morgan fingerprint density at radius 3 is 2.63 bits per heavy atom. The van der Waals surface area contributed by atoms with E-state index in [0.717, 1.165) is 4.90 Å². The minimum atomic E-state index is -1.05. The van der Waals surface area contributed by atoms with E-state index in [4.69, 9.17) is 11.6 Å². The number of hydrogen-bond donors (Lipinski definition) is 2. The third-order valence-corrected chi connectivity index (χ3v) is 4.90. The van der Waals surface area contributed by atoms with Crippen LogP contribution in [0, 0.1) is 0 Å². The van der Waals surface area contributed by atoms with Crippen LogP contribution in [0.15, 0.2) is 53.5 Å². The molecular formula is C19H14ClN3O4. The summed E-state index contributed by atoms with van der Waals surface area (Å²) < 4.78 is 0. The van der Waals surface area contributed by atoms with Crippen molar-refractivity contribution in [3.63, 3.8) is 0 Å². The number of carbonyl (C=O) groups excluding carboxylic acids is 2. The van der Waals surface area contributed by atoms with Gasteiger partial charge in [-0.2, -0.15) is 4.99 Å². The number of aliphatic imine (C=N–C) groups is 1. The molecule has 2 aliphatic rings. The number of imide groups is 1. The molecule has 0 saturated heterocycles. The van der Waals surface area contributed by atoms with Crippen LogP contribution in [-0.2, 0) is 9.59 Å². The van der Waals surface area contributed by atoms with Gasteiger partial charge in [-0.3, -0.25) is 4.79 Å². The van der Waals surface area contributed by atoms with E-state index in [9.17, 15) is 19.5 Å². The molecule has 0 radical (unpaired) electrons. The number of urea groups is 1. The van der Waals surface area contributed by atoms with E-state index in [0.29, 0.717) is 22.0 Å². The first-order valence-corrected chi connectivity index (χ1v) is 8.64. The van der Waals surface area contributed by atoms with Gasteiger partial charge in [0, 0.05) is 16.6 Å². The van der Waals surface area contributed by atoms with Crippen molar-refractivity contribution in [1.29, 1.82) is 0 Å². The van der Waals surface area contributed by atoms with Crippen LogP contribution in [0.1, 0.15) is 17.9 Å². The normalized spacial score (nSPS) is 21.5. The van der Waals surface area contributed by atoms with Gasteiger partial charge in [0.05, 0.1) is 5.69 Å². The SMILES string of the molecule is O=C(O)C1CC(C2=NC(=O)N(c3ccccc3)C2=O)c2ccc(Cl)cc2N1. The second-order valence-electron chi connectivity index (χ2n) is 6.31. The number of nitrogens with one attached hydrogen (secondary N) is 1. The average molecular weight is 384 g/mol.